The minimum Gasteiger partial charge on any atom is -0.399 e. The first-order valence-corrected chi connectivity index (χ1v) is 6.92. The van der Waals surface area contributed by atoms with Gasteiger partial charge in [0.15, 0.2) is 0 Å². The molecule has 0 fully saturated rings. The van der Waals surface area contributed by atoms with Crippen LogP contribution in [-0.2, 0) is 13.1 Å². The van der Waals surface area contributed by atoms with E-state index in [1.807, 2.05) is 18.2 Å². The normalized spacial score (nSPS) is 13.4. The lowest BCUT2D eigenvalue weighted by atomic mass is 10.1. The molecule has 20 heavy (non-hydrogen) atoms. The second-order valence-corrected chi connectivity index (χ2v) is 5.66. The van der Waals surface area contributed by atoms with Crippen LogP contribution in [0.5, 0.6) is 0 Å². The van der Waals surface area contributed by atoms with E-state index in [1.54, 1.807) is 23.1 Å². The molecule has 2 N–H and O–H groups in total. The van der Waals surface area contributed by atoms with Gasteiger partial charge in [-0.25, -0.2) is 0 Å². The van der Waals surface area contributed by atoms with Crippen molar-refractivity contribution in [2.75, 3.05) is 5.73 Å². The molecule has 0 radical (unpaired) electrons. The molecule has 0 bridgehead atoms. The summed E-state index contributed by atoms with van der Waals surface area (Å²) in [6.07, 6.45) is 0. The average molecular weight is 307 g/mol. The molecule has 3 rings (SSSR count). The third kappa shape index (κ3) is 2.35. The number of amides is 1. The number of halogens is 2. The number of rotatable bonds is 1. The van der Waals surface area contributed by atoms with Crippen LogP contribution in [-0.4, -0.2) is 10.8 Å². The van der Waals surface area contributed by atoms with Gasteiger partial charge in [0.25, 0.3) is 5.91 Å². The first-order chi connectivity index (χ1) is 9.54. The van der Waals surface area contributed by atoms with Gasteiger partial charge in [-0.1, -0.05) is 29.3 Å². The number of nitrogen functional groups attached to an aromatic ring is 1. The molecule has 3 nitrogen and oxygen atoms in total. The summed E-state index contributed by atoms with van der Waals surface area (Å²) in [5.74, 6) is -0.118. The Hall–Kier alpha value is -1.71. The van der Waals surface area contributed by atoms with Crippen LogP contribution in [0.25, 0.3) is 0 Å². The van der Waals surface area contributed by atoms with Crippen LogP contribution in [0.3, 0.4) is 0 Å². The van der Waals surface area contributed by atoms with Gasteiger partial charge < -0.3 is 10.6 Å². The lowest BCUT2D eigenvalue weighted by Crippen LogP contribution is -2.25. The lowest BCUT2D eigenvalue weighted by Gasteiger charge is -2.16. The molecule has 0 saturated carbocycles. The van der Waals surface area contributed by atoms with E-state index >= 15 is 0 Å². The molecular formula is C15H12Cl2N2O. The molecule has 2 aromatic carbocycles. The van der Waals surface area contributed by atoms with Gasteiger partial charge in [-0.2, -0.15) is 0 Å². The summed E-state index contributed by atoms with van der Waals surface area (Å²) in [6, 6.07) is 10.6. The van der Waals surface area contributed by atoms with E-state index in [2.05, 4.69) is 0 Å². The van der Waals surface area contributed by atoms with Gasteiger partial charge in [-0.3, -0.25) is 4.79 Å². The molecule has 0 aromatic heterocycles. The molecular weight excluding hydrogens is 295 g/mol. The number of fused-ring (bicyclic) bond motifs is 1. The number of nitrogens with zero attached hydrogens (tertiary/aromatic N) is 1. The van der Waals surface area contributed by atoms with Gasteiger partial charge in [0.2, 0.25) is 0 Å². The zero-order valence-electron chi connectivity index (χ0n) is 10.6. The molecule has 0 aliphatic carbocycles. The highest BCUT2D eigenvalue weighted by Crippen LogP contribution is 2.28. The lowest BCUT2D eigenvalue weighted by molar-refractivity contribution is 0.0751. The minimum absolute atomic E-state index is 0.118. The summed E-state index contributed by atoms with van der Waals surface area (Å²) in [6.45, 7) is 1.11. The maximum atomic E-state index is 12.5. The summed E-state index contributed by atoms with van der Waals surface area (Å²) in [5.41, 5.74) is 9.10. The Morgan fingerprint density at radius 3 is 2.60 bits per heavy atom. The molecule has 0 atom stereocenters. The molecule has 1 aliphatic heterocycles. The second-order valence-electron chi connectivity index (χ2n) is 4.81. The van der Waals surface area contributed by atoms with Gasteiger partial charge in [-0.15, -0.1) is 0 Å². The second kappa shape index (κ2) is 5.00. The number of hydrogen-bond donors (Lipinski definition) is 1. The van der Waals surface area contributed by atoms with Crippen molar-refractivity contribution in [2.24, 2.45) is 0 Å². The van der Waals surface area contributed by atoms with Gasteiger partial charge in [-0.05, 0) is 41.5 Å². The van der Waals surface area contributed by atoms with Crippen LogP contribution >= 0.6 is 23.2 Å². The fourth-order valence-electron chi connectivity index (χ4n) is 2.39. The van der Waals surface area contributed by atoms with Crippen molar-refractivity contribution < 1.29 is 4.79 Å². The standard InChI is InChI=1S/C15H12Cl2N2O/c16-11-2-4-14(17)13(6-11)15(20)19-7-9-1-3-12(18)5-10(9)8-19/h1-6H,7-8,18H2. The minimum atomic E-state index is -0.118. The maximum absolute atomic E-state index is 12.5. The first kappa shape index (κ1) is 13.3. The molecule has 102 valence electrons. The molecule has 0 saturated heterocycles. The fourth-order valence-corrected chi connectivity index (χ4v) is 2.76. The SMILES string of the molecule is Nc1ccc2c(c1)CN(C(=O)c1cc(Cl)ccc1Cl)C2. The zero-order chi connectivity index (χ0) is 14.3. The average Bonchev–Trinajstić information content (AvgIpc) is 2.83. The predicted octanol–water partition coefficient (Wildman–Crippen LogP) is 3.73. The van der Waals surface area contributed by atoms with Crippen LogP contribution < -0.4 is 5.73 Å². The van der Waals surface area contributed by atoms with Gasteiger partial charge in [0.05, 0.1) is 10.6 Å². The van der Waals surface area contributed by atoms with E-state index in [0.717, 1.165) is 11.1 Å². The van der Waals surface area contributed by atoms with Crippen molar-refractivity contribution in [3.8, 4) is 0 Å². The zero-order valence-corrected chi connectivity index (χ0v) is 12.1. The first-order valence-electron chi connectivity index (χ1n) is 6.16. The Labute approximate surface area is 126 Å². The molecule has 5 heteroatoms. The van der Waals surface area contributed by atoms with E-state index in [0.29, 0.717) is 34.4 Å². The topological polar surface area (TPSA) is 46.3 Å². The van der Waals surface area contributed by atoms with E-state index < -0.39 is 0 Å². The Morgan fingerprint density at radius 2 is 1.80 bits per heavy atom. The van der Waals surface area contributed by atoms with E-state index in [1.165, 1.54) is 0 Å². The largest absolute Gasteiger partial charge is 0.399 e. The molecule has 0 spiro atoms. The van der Waals surface area contributed by atoms with Crippen LogP contribution in [0.2, 0.25) is 10.0 Å². The smallest absolute Gasteiger partial charge is 0.256 e. The Balaban J connectivity index is 1.89. The van der Waals surface area contributed by atoms with Crippen molar-refractivity contribution in [2.45, 2.75) is 13.1 Å². The van der Waals surface area contributed by atoms with Gasteiger partial charge in [0.1, 0.15) is 0 Å². The summed E-state index contributed by atoms with van der Waals surface area (Å²) >= 11 is 12.0. The van der Waals surface area contributed by atoms with Crippen molar-refractivity contribution in [3.63, 3.8) is 0 Å². The highest BCUT2D eigenvalue weighted by molar-refractivity contribution is 6.35. The van der Waals surface area contributed by atoms with E-state index in [-0.39, 0.29) is 5.91 Å². The van der Waals surface area contributed by atoms with Gasteiger partial charge >= 0.3 is 0 Å². The number of benzene rings is 2. The third-order valence-electron chi connectivity index (χ3n) is 3.40. The number of carbonyl (C=O) groups is 1. The van der Waals surface area contributed by atoms with Gasteiger partial charge in [0, 0.05) is 23.8 Å². The van der Waals surface area contributed by atoms with E-state index in [4.69, 9.17) is 28.9 Å². The van der Waals surface area contributed by atoms with Crippen LogP contribution in [0.1, 0.15) is 21.5 Å². The highest BCUT2D eigenvalue weighted by atomic mass is 35.5. The number of hydrogen-bond acceptors (Lipinski definition) is 2. The Kier molecular flexibility index (Phi) is 3.32. The molecule has 1 amide bonds. The number of carbonyl (C=O) groups excluding carboxylic acids is 1. The maximum Gasteiger partial charge on any atom is 0.256 e. The fraction of sp³-hybridized carbons (Fsp3) is 0.133. The number of anilines is 1. The van der Waals surface area contributed by atoms with Crippen LogP contribution in [0, 0.1) is 0 Å². The van der Waals surface area contributed by atoms with E-state index in [9.17, 15) is 4.79 Å². The van der Waals surface area contributed by atoms with Crippen LogP contribution in [0.15, 0.2) is 36.4 Å². The summed E-state index contributed by atoms with van der Waals surface area (Å²) < 4.78 is 0. The molecule has 2 aromatic rings. The monoisotopic (exact) mass is 306 g/mol. The Morgan fingerprint density at radius 1 is 1.05 bits per heavy atom. The quantitative estimate of drug-likeness (QED) is 0.816. The van der Waals surface area contributed by atoms with Crippen molar-refractivity contribution in [1.82, 2.24) is 4.90 Å². The molecule has 0 unspecified atom stereocenters. The predicted molar refractivity (Wildman–Crippen MR) is 80.9 cm³/mol. The molecule has 1 heterocycles. The van der Waals surface area contributed by atoms with Crippen molar-refractivity contribution in [1.29, 1.82) is 0 Å². The summed E-state index contributed by atoms with van der Waals surface area (Å²) in [4.78, 5) is 14.3. The Bertz CT molecular complexity index is 700. The summed E-state index contributed by atoms with van der Waals surface area (Å²) in [7, 11) is 0. The van der Waals surface area contributed by atoms with Crippen LogP contribution in [0.4, 0.5) is 5.69 Å². The number of nitrogens with two attached hydrogens (primary N) is 1. The third-order valence-corrected chi connectivity index (χ3v) is 3.96. The van der Waals surface area contributed by atoms with Crippen molar-refractivity contribution in [3.05, 3.63) is 63.1 Å². The highest BCUT2D eigenvalue weighted by Gasteiger charge is 2.25. The summed E-state index contributed by atoms with van der Waals surface area (Å²) in [5, 5.41) is 0.911. The van der Waals surface area contributed by atoms with Crippen molar-refractivity contribution >= 4 is 34.8 Å². The molecule has 1 aliphatic rings.